The van der Waals surface area contributed by atoms with Crippen molar-refractivity contribution in [3.8, 4) is 5.75 Å². The van der Waals surface area contributed by atoms with Crippen molar-refractivity contribution in [1.82, 2.24) is 0 Å². The van der Waals surface area contributed by atoms with Crippen LogP contribution < -0.4 is 10.4 Å². The van der Waals surface area contributed by atoms with Crippen molar-refractivity contribution in [1.29, 1.82) is 0 Å². The number of ether oxygens (including phenoxy) is 1. The molecule has 0 saturated carbocycles. The zero-order valence-corrected chi connectivity index (χ0v) is 13.6. The van der Waals surface area contributed by atoms with E-state index in [0.717, 1.165) is 33.8 Å². The molecule has 21 heavy (non-hydrogen) atoms. The zero-order chi connectivity index (χ0) is 14.7. The lowest BCUT2D eigenvalue weighted by atomic mass is 10.1. The summed E-state index contributed by atoms with van der Waals surface area (Å²) in [5.41, 5.74) is 0.269. The molecule has 0 aliphatic rings. The Morgan fingerprint density at radius 2 is 1.81 bits per heavy atom. The first kappa shape index (κ1) is 14.4. The van der Waals surface area contributed by atoms with Gasteiger partial charge >= 0.3 is 5.63 Å². The summed E-state index contributed by atoms with van der Waals surface area (Å²) in [5.74, 6) is 0.745. The fraction of sp³-hybridized carbons (Fsp3) is 0.235. The van der Waals surface area contributed by atoms with Gasteiger partial charge in [0.1, 0.15) is 11.3 Å². The van der Waals surface area contributed by atoms with Crippen LogP contribution in [0.4, 0.5) is 0 Å². The third-order valence-corrected chi connectivity index (χ3v) is 4.15. The van der Waals surface area contributed by atoms with E-state index in [1.807, 2.05) is 30.3 Å². The molecule has 0 amide bonds. The van der Waals surface area contributed by atoms with E-state index in [1.54, 1.807) is 12.1 Å². The minimum atomic E-state index is -0.305. The SMILES string of the molecule is O=c1oc2cc(OCCCCI)ccc2c2ccccc12. The van der Waals surface area contributed by atoms with Gasteiger partial charge in [-0.3, -0.25) is 0 Å². The van der Waals surface area contributed by atoms with Crippen molar-refractivity contribution in [3.63, 3.8) is 0 Å². The maximum Gasteiger partial charge on any atom is 0.344 e. The van der Waals surface area contributed by atoms with Crippen LogP contribution in [0.1, 0.15) is 12.8 Å². The highest BCUT2D eigenvalue weighted by molar-refractivity contribution is 14.1. The first-order chi connectivity index (χ1) is 10.3. The van der Waals surface area contributed by atoms with Crippen LogP contribution in [0.5, 0.6) is 5.75 Å². The lowest BCUT2D eigenvalue weighted by Crippen LogP contribution is -2.00. The van der Waals surface area contributed by atoms with Crippen molar-refractivity contribution in [3.05, 3.63) is 52.9 Å². The number of fused-ring (bicyclic) bond motifs is 3. The van der Waals surface area contributed by atoms with E-state index < -0.39 is 0 Å². The number of hydrogen-bond donors (Lipinski definition) is 0. The topological polar surface area (TPSA) is 39.4 Å². The van der Waals surface area contributed by atoms with E-state index in [4.69, 9.17) is 9.15 Å². The van der Waals surface area contributed by atoms with Crippen LogP contribution in [0.25, 0.3) is 21.7 Å². The Balaban J connectivity index is 1.99. The van der Waals surface area contributed by atoms with Gasteiger partial charge < -0.3 is 9.15 Å². The summed E-state index contributed by atoms with van der Waals surface area (Å²) in [4.78, 5) is 12.0. The highest BCUT2D eigenvalue weighted by Crippen LogP contribution is 2.26. The Labute approximate surface area is 136 Å². The molecule has 0 aliphatic carbocycles. The van der Waals surface area contributed by atoms with Gasteiger partial charge in [0, 0.05) is 11.5 Å². The molecular formula is C17H15IO3. The molecule has 0 atom stereocenters. The molecule has 2 aromatic carbocycles. The molecule has 4 heteroatoms. The lowest BCUT2D eigenvalue weighted by Gasteiger charge is -2.07. The molecule has 1 heterocycles. The average Bonchev–Trinajstić information content (AvgIpc) is 2.52. The van der Waals surface area contributed by atoms with Gasteiger partial charge in [-0.05, 0) is 40.9 Å². The number of hydrogen-bond acceptors (Lipinski definition) is 3. The number of rotatable bonds is 5. The Morgan fingerprint density at radius 1 is 1.00 bits per heavy atom. The summed E-state index contributed by atoms with van der Waals surface area (Å²) >= 11 is 2.36. The molecule has 0 radical (unpaired) electrons. The minimum Gasteiger partial charge on any atom is -0.493 e. The Hall–Kier alpha value is -1.56. The fourth-order valence-corrected chi connectivity index (χ4v) is 2.88. The van der Waals surface area contributed by atoms with Gasteiger partial charge in [0.25, 0.3) is 0 Å². The molecule has 3 rings (SSSR count). The van der Waals surface area contributed by atoms with Crippen LogP contribution in [-0.4, -0.2) is 11.0 Å². The van der Waals surface area contributed by atoms with Crippen molar-refractivity contribution < 1.29 is 9.15 Å². The Kier molecular flexibility index (Phi) is 4.43. The van der Waals surface area contributed by atoms with Gasteiger partial charge in [0.05, 0.1) is 12.0 Å². The van der Waals surface area contributed by atoms with Crippen molar-refractivity contribution in [2.45, 2.75) is 12.8 Å². The Morgan fingerprint density at radius 3 is 2.62 bits per heavy atom. The molecule has 0 spiro atoms. The molecule has 108 valence electrons. The second kappa shape index (κ2) is 6.47. The van der Waals surface area contributed by atoms with Crippen LogP contribution >= 0.6 is 22.6 Å². The molecule has 3 aromatic rings. The molecular weight excluding hydrogens is 379 g/mol. The first-order valence-electron chi connectivity index (χ1n) is 6.94. The molecule has 0 N–H and O–H groups in total. The summed E-state index contributed by atoms with van der Waals surface area (Å²) in [6.07, 6.45) is 2.18. The molecule has 0 bridgehead atoms. The number of halogens is 1. The van der Waals surface area contributed by atoms with Gasteiger partial charge in [0.2, 0.25) is 0 Å². The van der Waals surface area contributed by atoms with Gasteiger partial charge in [-0.25, -0.2) is 4.79 Å². The van der Waals surface area contributed by atoms with Crippen molar-refractivity contribution >= 4 is 44.3 Å². The standard InChI is InChI=1S/C17H15IO3/c18-9-3-4-10-20-12-7-8-14-13-5-1-2-6-15(13)17(19)21-16(14)11-12/h1-2,5-8,11H,3-4,9-10H2. The van der Waals surface area contributed by atoms with E-state index in [-0.39, 0.29) is 5.63 Å². The molecule has 0 saturated heterocycles. The fourth-order valence-electron chi connectivity index (χ4n) is 2.34. The van der Waals surface area contributed by atoms with Gasteiger partial charge in [0.15, 0.2) is 0 Å². The van der Waals surface area contributed by atoms with Gasteiger partial charge in [-0.15, -0.1) is 0 Å². The maximum absolute atomic E-state index is 12.0. The van der Waals surface area contributed by atoms with Crippen LogP contribution in [0.3, 0.4) is 0 Å². The highest BCUT2D eigenvalue weighted by Gasteiger charge is 2.07. The summed E-state index contributed by atoms with van der Waals surface area (Å²) < 4.78 is 12.2. The molecule has 3 nitrogen and oxygen atoms in total. The molecule has 1 aromatic heterocycles. The van der Waals surface area contributed by atoms with Crippen molar-refractivity contribution in [2.75, 3.05) is 11.0 Å². The van der Waals surface area contributed by atoms with Crippen LogP contribution in [-0.2, 0) is 0 Å². The summed E-state index contributed by atoms with van der Waals surface area (Å²) in [6, 6.07) is 13.2. The predicted molar refractivity (Wildman–Crippen MR) is 93.6 cm³/mol. The second-order valence-corrected chi connectivity index (χ2v) is 5.92. The van der Waals surface area contributed by atoms with E-state index in [9.17, 15) is 4.79 Å². The van der Waals surface area contributed by atoms with E-state index in [0.29, 0.717) is 17.6 Å². The number of alkyl halides is 1. The molecule has 0 fully saturated rings. The lowest BCUT2D eigenvalue weighted by molar-refractivity contribution is 0.310. The molecule has 0 aliphatic heterocycles. The predicted octanol–water partition coefficient (Wildman–Crippen LogP) is 4.54. The van der Waals surface area contributed by atoms with Gasteiger partial charge in [-0.2, -0.15) is 0 Å². The quantitative estimate of drug-likeness (QED) is 0.210. The van der Waals surface area contributed by atoms with E-state index >= 15 is 0 Å². The second-order valence-electron chi connectivity index (χ2n) is 4.84. The van der Waals surface area contributed by atoms with E-state index in [2.05, 4.69) is 22.6 Å². The molecule has 0 unspecified atom stereocenters. The average molecular weight is 394 g/mol. The summed E-state index contributed by atoms with van der Waals surface area (Å²) in [6.45, 7) is 0.687. The summed E-state index contributed by atoms with van der Waals surface area (Å²) in [5, 5.41) is 2.46. The minimum absolute atomic E-state index is 0.305. The van der Waals surface area contributed by atoms with Crippen LogP contribution in [0.2, 0.25) is 0 Å². The third-order valence-electron chi connectivity index (χ3n) is 3.39. The highest BCUT2D eigenvalue weighted by atomic mass is 127. The normalized spacial score (nSPS) is 11.1. The Bertz CT molecular complexity index is 823. The monoisotopic (exact) mass is 394 g/mol. The number of unbranched alkanes of at least 4 members (excludes halogenated alkanes) is 1. The van der Waals surface area contributed by atoms with E-state index in [1.165, 1.54) is 0 Å². The van der Waals surface area contributed by atoms with Gasteiger partial charge in [-0.1, -0.05) is 40.8 Å². The van der Waals surface area contributed by atoms with Crippen LogP contribution in [0.15, 0.2) is 51.7 Å². The largest absolute Gasteiger partial charge is 0.493 e. The first-order valence-corrected chi connectivity index (χ1v) is 8.46. The third kappa shape index (κ3) is 3.05. The van der Waals surface area contributed by atoms with Crippen LogP contribution in [0, 0.1) is 0 Å². The summed E-state index contributed by atoms with van der Waals surface area (Å²) in [7, 11) is 0. The zero-order valence-electron chi connectivity index (χ0n) is 11.5. The maximum atomic E-state index is 12.0. The number of benzene rings is 2. The smallest absolute Gasteiger partial charge is 0.344 e. The van der Waals surface area contributed by atoms with Crippen molar-refractivity contribution in [2.24, 2.45) is 0 Å².